The fourth-order valence-corrected chi connectivity index (χ4v) is 15.2. The number of carboxylic acid groups (broad SMARTS) is 1. The van der Waals surface area contributed by atoms with Crippen molar-refractivity contribution in [3.05, 3.63) is 11.6 Å². The van der Waals surface area contributed by atoms with Gasteiger partial charge in [0.05, 0.1) is 37.9 Å². The average molecular weight is 959 g/mol. The Morgan fingerprint density at radius 3 is 1.72 bits per heavy atom. The lowest BCUT2D eigenvalue weighted by Crippen LogP contribution is -2.68. The molecule has 12 N–H and O–H groups in total. The zero-order chi connectivity index (χ0) is 49.0. The van der Waals surface area contributed by atoms with Crippen LogP contribution < -0.4 is 0 Å². The second-order valence-corrected chi connectivity index (χ2v) is 23.3. The molecular formula is C48H78O19. The summed E-state index contributed by atoms with van der Waals surface area (Å²) in [4.78, 5) is 13.2. The van der Waals surface area contributed by atoms with Crippen molar-refractivity contribution < 1.29 is 94.5 Å². The van der Waals surface area contributed by atoms with E-state index in [1.807, 2.05) is 6.92 Å². The van der Waals surface area contributed by atoms with E-state index in [4.69, 9.17) is 28.4 Å². The topological polar surface area (TPSA) is 315 Å². The van der Waals surface area contributed by atoms with Crippen LogP contribution in [-0.4, -0.2) is 192 Å². The third-order valence-corrected chi connectivity index (χ3v) is 19.5. The molecular weight excluding hydrogens is 881 g/mol. The second-order valence-electron chi connectivity index (χ2n) is 23.3. The van der Waals surface area contributed by atoms with Gasteiger partial charge in [-0.05, 0) is 104 Å². The Balaban J connectivity index is 1.09. The van der Waals surface area contributed by atoms with Gasteiger partial charge in [0.2, 0.25) is 0 Å². The van der Waals surface area contributed by atoms with Gasteiger partial charge in [0, 0.05) is 5.41 Å². The number of hydrogen-bond donors (Lipinski definition) is 12. The van der Waals surface area contributed by atoms with Gasteiger partial charge in [-0.15, -0.1) is 0 Å². The van der Waals surface area contributed by atoms with Crippen LogP contribution in [0.3, 0.4) is 0 Å². The molecule has 4 saturated carbocycles. The summed E-state index contributed by atoms with van der Waals surface area (Å²) in [5, 5.41) is 129. The van der Waals surface area contributed by atoms with Crippen LogP contribution in [0.1, 0.15) is 106 Å². The molecule has 7 fully saturated rings. The molecule has 0 spiro atoms. The monoisotopic (exact) mass is 959 g/mol. The second kappa shape index (κ2) is 18.5. The number of fused-ring (bicyclic) bond motifs is 7. The summed E-state index contributed by atoms with van der Waals surface area (Å²) >= 11 is 0. The molecule has 19 heteroatoms. The van der Waals surface area contributed by atoms with Gasteiger partial charge in [-0.25, -0.2) is 0 Å². The van der Waals surface area contributed by atoms with Gasteiger partial charge in [0.25, 0.3) is 0 Å². The lowest BCUT2D eigenvalue weighted by molar-refractivity contribution is -0.396. The van der Waals surface area contributed by atoms with Crippen molar-refractivity contribution >= 4 is 5.97 Å². The van der Waals surface area contributed by atoms with E-state index >= 15 is 0 Å². The highest BCUT2D eigenvalue weighted by molar-refractivity contribution is 5.76. The number of carbonyl (C=O) groups is 1. The van der Waals surface area contributed by atoms with Gasteiger partial charge >= 0.3 is 5.97 Å². The average Bonchev–Trinajstić information content (AvgIpc) is 3.29. The van der Waals surface area contributed by atoms with Crippen molar-refractivity contribution in [2.24, 2.45) is 50.2 Å². The molecule has 19 nitrogen and oxygen atoms in total. The summed E-state index contributed by atoms with van der Waals surface area (Å²) < 4.78 is 36.5. The predicted molar refractivity (Wildman–Crippen MR) is 232 cm³/mol. The quantitative estimate of drug-likeness (QED) is 0.0933. The van der Waals surface area contributed by atoms with Gasteiger partial charge in [-0.1, -0.05) is 53.2 Å². The van der Waals surface area contributed by atoms with Crippen molar-refractivity contribution in [3.63, 3.8) is 0 Å². The van der Waals surface area contributed by atoms with Crippen molar-refractivity contribution in [2.45, 2.75) is 204 Å². The molecule has 67 heavy (non-hydrogen) atoms. The van der Waals surface area contributed by atoms with E-state index in [1.54, 1.807) is 0 Å². The molecule has 3 aliphatic heterocycles. The number of hydrogen-bond acceptors (Lipinski definition) is 18. The fourth-order valence-electron chi connectivity index (χ4n) is 15.2. The highest BCUT2D eigenvalue weighted by Gasteiger charge is 2.70. The van der Waals surface area contributed by atoms with Gasteiger partial charge in [-0.3, -0.25) is 4.79 Å². The Labute approximate surface area is 392 Å². The van der Waals surface area contributed by atoms with Crippen molar-refractivity contribution in [2.75, 3.05) is 26.4 Å². The van der Waals surface area contributed by atoms with Crippen LogP contribution in [0.2, 0.25) is 0 Å². The summed E-state index contributed by atoms with van der Waals surface area (Å²) in [6, 6.07) is 0. The highest BCUT2D eigenvalue weighted by atomic mass is 16.8. The van der Waals surface area contributed by atoms with Crippen molar-refractivity contribution in [1.82, 2.24) is 0 Å². The third kappa shape index (κ3) is 8.10. The molecule has 24 atom stereocenters. The summed E-state index contributed by atoms with van der Waals surface area (Å²) in [7, 11) is 0. The Bertz CT molecular complexity index is 1810. The lowest BCUT2D eigenvalue weighted by atomic mass is 9.33. The maximum absolute atomic E-state index is 13.2. The van der Waals surface area contributed by atoms with Crippen LogP contribution >= 0.6 is 0 Å². The maximum atomic E-state index is 13.2. The summed E-state index contributed by atoms with van der Waals surface area (Å²) in [5.74, 6) is -0.641. The van der Waals surface area contributed by atoms with Crippen molar-refractivity contribution in [3.8, 4) is 0 Å². The molecule has 384 valence electrons. The minimum atomic E-state index is -1.91. The smallest absolute Gasteiger partial charge is 0.310 e. The number of aliphatic carboxylic acids is 1. The standard InChI is InChI=1S/C48H78O19/c1-43(2)13-15-48(42(60)61)16-14-46(5)22(23(48)17-43)7-8-28-44(3)11-10-29(45(4,21-52)27(44)9-12-47(28,46)6)65-41-38(67-40-35(58)33(56)31(54)25(19-50)63-40)36(59)37(26(20-51)64-41)66-39-34(57)32(55)30(53)24(18-49)62-39/h7,23-41,49-59H,8-21H2,1-6H3,(H,60,61). The van der Waals surface area contributed by atoms with Gasteiger partial charge in [-0.2, -0.15) is 0 Å². The first-order chi connectivity index (χ1) is 31.4. The van der Waals surface area contributed by atoms with Gasteiger partial charge in [0.1, 0.15) is 73.2 Å². The molecule has 0 aromatic carbocycles. The highest BCUT2D eigenvalue weighted by Crippen LogP contribution is 2.76. The number of aliphatic hydroxyl groups is 11. The van der Waals surface area contributed by atoms with Crippen molar-refractivity contribution in [1.29, 1.82) is 0 Å². The normalized spacial score (nSPS) is 54.2. The summed E-state index contributed by atoms with van der Waals surface area (Å²) in [6.45, 7) is 10.9. The minimum absolute atomic E-state index is 0.0256. The van der Waals surface area contributed by atoms with Crippen LogP contribution in [-0.2, 0) is 33.2 Å². The lowest BCUT2D eigenvalue weighted by Gasteiger charge is -2.71. The maximum Gasteiger partial charge on any atom is 0.310 e. The minimum Gasteiger partial charge on any atom is -0.481 e. The number of ether oxygens (including phenoxy) is 6. The molecule has 5 aliphatic carbocycles. The number of rotatable bonds is 11. The Hall–Kier alpha value is -1.47. The molecule has 8 rings (SSSR count). The predicted octanol–water partition coefficient (Wildman–Crippen LogP) is -0.321. The summed E-state index contributed by atoms with van der Waals surface area (Å²) in [6.07, 6.45) is -16.7. The SMILES string of the molecule is CC1(C)CCC2(C(=O)O)CCC3(C)C(=CCC4C5(C)CCC(OC6OC(CO)C(OC7OC(CO)C(O)C(O)C7O)C(O)C6OC6OC(CO)C(O)C(O)C6O)C(C)(CO)C5CCC43C)C2C1. The van der Waals surface area contributed by atoms with E-state index < -0.39 is 135 Å². The molecule has 8 aliphatic rings. The van der Waals surface area contributed by atoms with Crippen LogP contribution in [0.4, 0.5) is 0 Å². The molecule has 0 radical (unpaired) electrons. The van der Waals surface area contributed by atoms with E-state index in [9.17, 15) is 66.1 Å². The van der Waals surface area contributed by atoms with Crippen LogP contribution in [0, 0.1) is 50.2 Å². The molecule has 3 saturated heterocycles. The first-order valence-corrected chi connectivity index (χ1v) is 24.5. The molecule has 0 bridgehead atoms. The number of carboxylic acids is 1. The van der Waals surface area contributed by atoms with Crippen LogP contribution in [0.5, 0.6) is 0 Å². The number of allylic oxidation sites excluding steroid dienone is 2. The first-order valence-electron chi connectivity index (χ1n) is 24.5. The fraction of sp³-hybridized carbons (Fsp3) is 0.938. The molecule has 0 aromatic heterocycles. The van der Waals surface area contributed by atoms with Gasteiger partial charge in [0.15, 0.2) is 18.9 Å². The number of aliphatic hydroxyl groups excluding tert-OH is 11. The van der Waals surface area contributed by atoms with Gasteiger partial charge < -0.3 is 89.7 Å². The Morgan fingerprint density at radius 1 is 0.612 bits per heavy atom. The van der Waals surface area contributed by atoms with Crippen LogP contribution in [0.15, 0.2) is 11.6 Å². The summed E-state index contributed by atoms with van der Waals surface area (Å²) in [5.41, 5.74) is -1.07. The van der Waals surface area contributed by atoms with E-state index in [1.165, 1.54) is 5.57 Å². The Kier molecular flexibility index (Phi) is 14.4. The zero-order valence-electron chi connectivity index (χ0n) is 39.7. The van der Waals surface area contributed by atoms with Crippen LogP contribution in [0.25, 0.3) is 0 Å². The largest absolute Gasteiger partial charge is 0.481 e. The molecule has 0 aromatic rings. The van der Waals surface area contributed by atoms with E-state index in [-0.39, 0.29) is 46.0 Å². The molecule has 3 heterocycles. The third-order valence-electron chi connectivity index (χ3n) is 19.5. The zero-order valence-corrected chi connectivity index (χ0v) is 39.7. The first kappa shape index (κ1) is 51.9. The van der Waals surface area contributed by atoms with E-state index in [0.29, 0.717) is 25.7 Å². The molecule has 24 unspecified atom stereocenters. The van der Waals surface area contributed by atoms with E-state index in [2.05, 4.69) is 40.7 Å². The molecule has 0 amide bonds. The Morgan fingerprint density at radius 2 is 1.16 bits per heavy atom. The van der Waals surface area contributed by atoms with E-state index in [0.717, 1.165) is 38.5 Å².